The topological polar surface area (TPSA) is 90.0 Å². The second kappa shape index (κ2) is 5.68. The Kier molecular flexibility index (Phi) is 3.69. The summed E-state index contributed by atoms with van der Waals surface area (Å²) in [6.45, 7) is 6.10. The zero-order valence-electron chi connectivity index (χ0n) is 13.1. The second-order valence-corrected chi connectivity index (χ2v) is 5.26. The van der Waals surface area contributed by atoms with Crippen LogP contribution in [0.25, 0.3) is 11.0 Å². The van der Waals surface area contributed by atoms with Crippen LogP contribution in [0, 0.1) is 13.8 Å². The molecule has 0 fully saturated rings. The third kappa shape index (κ3) is 2.73. The number of carbonyl (C=O) groups excluding carboxylic acids is 1. The molecule has 7 nitrogen and oxygen atoms in total. The van der Waals surface area contributed by atoms with Crippen LogP contribution in [-0.2, 0) is 6.54 Å². The number of fused-ring (bicyclic) bond motifs is 1. The minimum atomic E-state index is -0.520. The van der Waals surface area contributed by atoms with Gasteiger partial charge in [0.1, 0.15) is 17.0 Å². The number of aromatic nitrogens is 3. The maximum atomic E-state index is 12.6. The van der Waals surface area contributed by atoms with Crippen LogP contribution in [0.2, 0.25) is 0 Å². The molecule has 0 aromatic carbocycles. The highest BCUT2D eigenvalue weighted by molar-refractivity contribution is 6.05. The largest absolute Gasteiger partial charge is 0.360 e. The van der Waals surface area contributed by atoms with Crippen molar-refractivity contribution in [3.8, 4) is 0 Å². The Morgan fingerprint density at radius 3 is 2.78 bits per heavy atom. The van der Waals surface area contributed by atoms with E-state index in [0.717, 1.165) is 5.69 Å². The van der Waals surface area contributed by atoms with Gasteiger partial charge in [0.15, 0.2) is 5.82 Å². The molecule has 1 amide bonds. The number of aryl methyl sites for hydroxylation is 3. The van der Waals surface area contributed by atoms with Crippen LogP contribution in [0.4, 0.5) is 5.82 Å². The first-order chi connectivity index (χ1) is 11.0. The SMILES string of the molecule is CCn1cc(C(=O)Nc2cc(C)on2)c(=O)c2ccc(C)nc21. The highest BCUT2D eigenvalue weighted by Gasteiger charge is 2.17. The zero-order chi connectivity index (χ0) is 16.6. The van der Waals surface area contributed by atoms with E-state index in [2.05, 4.69) is 15.5 Å². The molecule has 118 valence electrons. The van der Waals surface area contributed by atoms with Gasteiger partial charge in [-0.3, -0.25) is 9.59 Å². The van der Waals surface area contributed by atoms with Gasteiger partial charge in [0.25, 0.3) is 5.91 Å². The highest BCUT2D eigenvalue weighted by Crippen LogP contribution is 2.13. The van der Waals surface area contributed by atoms with Crippen molar-refractivity contribution in [1.29, 1.82) is 0 Å². The van der Waals surface area contributed by atoms with Crippen LogP contribution >= 0.6 is 0 Å². The molecule has 7 heteroatoms. The lowest BCUT2D eigenvalue weighted by atomic mass is 10.1. The van der Waals surface area contributed by atoms with Gasteiger partial charge in [-0.25, -0.2) is 4.98 Å². The summed E-state index contributed by atoms with van der Waals surface area (Å²) >= 11 is 0. The first-order valence-corrected chi connectivity index (χ1v) is 7.25. The Morgan fingerprint density at radius 1 is 1.35 bits per heavy atom. The van der Waals surface area contributed by atoms with Crippen molar-refractivity contribution in [2.75, 3.05) is 5.32 Å². The molecular weight excluding hydrogens is 296 g/mol. The van der Waals surface area contributed by atoms with E-state index in [1.807, 2.05) is 13.8 Å². The van der Waals surface area contributed by atoms with Crippen molar-refractivity contribution < 1.29 is 9.32 Å². The van der Waals surface area contributed by atoms with Gasteiger partial charge in [-0.2, -0.15) is 0 Å². The predicted octanol–water partition coefficient (Wildman–Crippen LogP) is 2.27. The summed E-state index contributed by atoms with van der Waals surface area (Å²) in [4.78, 5) is 29.4. The Balaban J connectivity index is 2.10. The molecule has 0 bridgehead atoms. The van der Waals surface area contributed by atoms with Gasteiger partial charge in [0.2, 0.25) is 5.43 Å². The lowest BCUT2D eigenvalue weighted by Gasteiger charge is -2.10. The molecule has 0 aliphatic carbocycles. The number of pyridine rings is 2. The molecule has 0 radical (unpaired) electrons. The standard InChI is InChI=1S/C16H16N4O3/c1-4-20-8-12(16(22)18-13-7-10(3)23-19-13)14(21)11-6-5-9(2)17-15(11)20/h5-8H,4H2,1-3H3,(H,18,19,22). The van der Waals surface area contributed by atoms with Crippen LogP contribution in [0.3, 0.4) is 0 Å². The van der Waals surface area contributed by atoms with Crippen LogP contribution in [0.1, 0.15) is 28.7 Å². The average Bonchev–Trinajstić information content (AvgIpc) is 2.92. The number of carbonyl (C=O) groups is 1. The normalized spacial score (nSPS) is 10.9. The lowest BCUT2D eigenvalue weighted by Crippen LogP contribution is -2.24. The quantitative estimate of drug-likeness (QED) is 0.801. The first-order valence-electron chi connectivity index (χ1n) is 7.25. The van der Waals surface area contributed by atoms with Gasteiger partial charge in [-0.15, -0.1) is 0 Å². The van der Waals surface area contributed by atoms with Crippen LogP contribution in [-0.4, -0.2) is 20.6 Å². The van der Waals surface area contributed by atoms with Crippen LogP contribution < -0.4 is 10.7 Å². The number of hydrogen-bond acceptors (Lipinski definition) is 5. The predicted molar refractivity (Wildman–Crippen MR) is 85.6 cm³/mol. The van der Waals surface area contributed by atoms with E-state index in [0.29, 0.717) is 23.3 Å². The summed E-state index contributed by atoms with van der Waals surface area (Å²) in [5, 5.41) is 6.69. The van der Waals surface area contributed by atoms with E-state index < -0.39 is 5.91 Å². The van der Waals surface area contributed by atoms with E-state index in [9.17, 15) is 9.59 Å². The number of rotatable bonds is 3. The van der Waals surface area contributed by atoms with Crippen molar-refractivity contribution in [2.24, 2.45) is 0 Å². The Bertz CT molecular complexity index is 956. The molecule has 3 aromatic rings. The lowest BCUT2D eigenvalue weighted by molar-refractivity contribution is 0.102. The second-order valence-electron chi connectivity index (χ2n) is 5.26. The van der Waals surface area contributed by atoms with E-state index in [4.69, 9.17) is 4.52 Å². The Hall–Kier alpha value is -2.96. The molecule has 23 heavy (non-hydrogen) atoms. The molecule has 0 aliphatic rings. The van der Waals surface area contributed by atoms with Crippen molar-refractivity contribution in [1.82, 2.24) is 14.7 Å². The smallest absolute Gasteiger partial charge is 0.262 e. The van der Waals surface area contributed by atoms with Crippen LogP contribution in [0.5, 0.6) is 0 Å². The molecule has 3 aromatic heterocycles. The molecule has 0 atom stereocenters. The van der Waals surface area contributed by atoms with E-state index in [-0.39, 0.29) is 16.8 Å². The molecule has 0 saturated heterocycles. The molecule has 0 aliphatic heterocycles. The summed E-state index contributed by atoms with van der Waals surface area (Å²) in [7, 11) is 0. The fourth-order valence-corrected chi connectivity index (χ4v) is 2.37. The minimum Gasteiger partial charge on any atom is -0.360 e. The van der Waals surface area contributed by atoms with E-state index >= 15 is 0 Å². The molecule has 0 saturated carbocycles. The number of hydrogen-bond donors (Lipinski definition) is 1. The van der Waals surface area contributed by atoms with Gasteiger partial charge in [0, 0.05) is 24.5 Å². The minimum absolute atomic E-state index is 0.0469. The number of amides is 1. The molecule has 3 heterocycles. The zero-order valence-corrected chi connectivity index (χ0v) is 13.1. The summed E-state index contributed by atoms with van der Waals surface area (Å²) in [5.41, 5.74) is 1.08. The van der Waals surface area contributed by atoms with Crippen molar-refractivity contribution in [3.63, 3.8) is 0 Å². The fraction of sp³-hybridized carbons (Fsp3) is 0.250. The van der Waals surface area contributed by atoms with Gasteiger partial charge in [-0.05, 0) is 32.9 Å². The van der Waals surface area contributed by atoms with E-state index in [1.54, 1.807) is 29.7 Å². The molecule has 3 rings (SSSR count). The fourth-order valence-electron chi connectivity index (χ4n) is 2.37. The van der Waals surface area contributed by atoms with E-state index in [1.165, 1.54) is 6.20 Å². The monoisotopic (exact) mass is 312 g/mol. The van der Waals surface area contributed by atoms with Crippen molar-refractivity contribution >= 4 is 22.8 Å². The van der Waals surface area contributed by atoms with Gasteiger partial charge >= 0.3 is 0 Å². The Labute approximate surface area is 131 Å². The van der Waals surface area contributed by atoms with Gasteiger partial charge < -0.3 is 14.4 Å². The summed E-state index contributed by atoms with van der Waals surface area (Å²) in [5.74, 6) is 0.328. The van der Waals surface area contributed by atoms with Crippen molar-refractivity contribution in [2.45, 2.75) is 27.3 Å². The number of nitrogens with one attached hydrogen (secondary N) is 1. The third-order valence-electron chi connectivity index (χ3n) is 3.52. The Morgan fingerprint density at radius 2 is 2.13 bits per heavy atom. The highest BCUT2D eigenvalue weighted by atomic mass is 16.5. The van der Waals surface area contributed by atoms with Gasteiger partial charge in [-0.1, -0.05) is 5.16 Å². The van der Waals surface area contributed by atoms with Crippen molar-refractivity contribution in [3.05, 3.63) is 51.6 Å². The maximum absolute atomic E-state index is 12.6. The number of nitrogens with zero attached hydrogens (tertiary/aromatic N) is 3. The van der Waals surface area contributed by atoms with Crippen LogP contribution in [0.15, 0.2) is 33.7 Å². The van der Waals surface area contributed by atoms with Gasteiger partial charge in [0.05, 0.1) is 5.39 Å². The number of anilines is 1. The summed E-state index contributed by atoms with van der Waals surface area (Å²) < 4.78 is 6.69. The molecular formula is C16H16N4O3. The molecule has 0 unspecified atom stereocenters. The first kappa shape index (κ1) is 15.0. The summed E-state index contributed by atoms with van der Waals surface area (Å²) in [6.07, 6.45) is 1.53. The molecule has 0 spiro atoms. The average molecular weight is 312 g/mol. The maximum Gasteiger partial charge on any atom is 0.262 e. The summed E-state index contributed by atoms with van der Waals surface area (Å²) in [6, 6.07) is 5.04. The third-order valence-corrected chi connectivity index (χ3v) is 3.52. The molecule has 1 N–H and O–H groups in total.